The summed E-state index contributed by atoms with van der Waals surface area (Å²) in [7, 11) is -3.30. The van der Waals surface area contributed by atoms with Crippen LogP contribution in [0, 0.1) is 5.82 Å². The van der Waals surface area contributed by atoms with Gasteiger partial charge in [0.15, 0.2) is 9.84 Å². The third-order valence-corrected chi connectivity index (χ3v) is 4.53. The Morgan fingerprint density at radius 3 is 2.40 bits per heavy atom. The molecule has 0 saturated heterocycles. The number of benzene rings is 1. The maximum absolute atomic E-state index is 13.5. The molecule has 0 amide bonds. The Kier molecular flexibility index (Phi) is 5.01. The average molecular weight is 313 g/mol. The van der Waals surface area contributed by atoms with E-state index in [9.17, 15) is 26.0 Å². The Labute approximate surface area is 114 Å². The van der Waals surface area contributed by atoms with E-state index in [-0.39, 0.29) is 17.2 Å². The minimum atomic E-state index is -4.58. The van der Waals surface area contributed by atoms with Crippen molar-refractivity contribution in [3.63, 3.8) is 0 Å². The fourth-order valence-electron chi connectivity index (χ4n) is 1.62. The number of sulfone groups is 1. The standard InChI is InChI=1S/C12H15F4NO2S/c1-3-20(18,19)7-8(2)17-11-6-9(12(14,15)16)4-5-10(11)13/h4-6,8,17H,3,7H2,1-2H3. The van der Waals surface area contributed by atoms with Crippen molar-refractivity contribution in [1.82, 2.24) is 0 Å². The molecule has 1 atom stereocenters. The van der Waals surface area contributed by atoms with Crippen molar-refractivity contribution < 1.29 is 26.0 Å². The molecule has 114 valence electrons. The van der Waals surface area contributed by atoms with Gasteiger partial charge in [-0.05, 0) is 25.1 Å². The molecule has 1 N–H and O–H groups in total. The minimum Gasteiger partial charge on any atom is -0.379 e. The second-order valence-electron chi connectivity index (χ2n) is 4.44. The summed E-state index contributed by atoms with van der Waals surface area (Å²) in [5, 5.41) is 2.46. The van der Waals surface area contributed by atoms with Gasteiger partial charge in [0.25, 0.3) is 0 Å². The summed E-state index contributed by atoms with van der Waals surface area (Å²) in [6.45, 7) is 2.93. The first kappa shape index (κ1) is 16.7. The first-order valence-corrected chi connectivity index (χ1v) is 7.71. The van der Waals surface area contributed by atoms with Gasteiger partial charge in [-0.25, -0.2) is 12.8 Å². The van der Waals surface area contributed by atoms with Gasteiger partial charge in [-0.15, -0.1) is 0 Å². The molecule has 1 aromatic carbocycles. The van der Waals surface area contributed by atoms with Gasteiger partial charge in [-0.3, -0.25) is 0 Å². The number of halogens is 4. The van der Waals surface area contributed by atoms with Gasteiger partial charge >= 0.3 is 6.18 Å². The highest BCUT2D eigenvalue weighted by Gasteiger charge is 2.31. The SMILES string of the molecule is CCS(=O)(=O)CC(C)Nc1cc(C(F)(F)F)ccc1F. The van der Waals surface area contributed by atoms with E-state index in [0.717, 1.165) is 0 Å². The lowest BCUT2D eigenvalue weighted by atomic mass is 10.1. The molecule has 8 heteroatoms. The number of hydrogen-bond acceptors (Lipinski definition) is 3. The van der Waals surface area contributed by atoms with Crippen LogP contribution in [0.3, 0.4) is 0 Å². The van der Waals surface area contributed by atoms with E-state index in [0.29, 0.717) is 18.2 Å². The molecule has 0 aliphatic heterocycles. The van der Waals surface area contributed by atoms with E-state index in [1.54, 1.807) is 0 Å². The molecule has 0 spiro atoms. The van der Waals surface area contributed by atoms with Crippen LogP contribution in [0.15, 0.2) is 18.2 Å². The Morgan fingerprint density at radius 1 is 1.30 bits per heavy atom. The smallest absolute Gasteiger partial charge is 0.379 e. The molecule has 20 heavy (non-hydrogen) atoms. The Bertz CT molecular complexity index is 569. The third-order valence-electron chi connectivity index (χ3n) is 2.64. The largest absolute Gasteiger partial charge is 0.416 e. The highest BCUT2D eigenvalue weighted by Crippen LogP contribution is 2.32. The summed E-state index contributed by atoms with van der Waals surface area (Å²) in [5.74, 6) is -1.22. The van der Waals surface area contributed by atoms with E-state index in [1.807, 2.05) is 0 Å². The molecule has 0 bridgehead atoms. The van der Waals surface area contributed by atoms with Crippen molar-refractivity contribution in [2.45, 2.75) is 26.1 Å². The van der Waals surface area contributed by atoms with Crippen molar-refractivity contribution in [2.75, 3.05) is 16.8 Å². The van der Waals surface area contributed by atoms with E-state index < -0.39 is 33.4 Å². The average Bonchev–Trinajstić information content (AvgIpc) is 2.30. The molecule has 0 radical (unpaired) electrons. The van der Waals surface area contributed by atoms with Crippen molar-refractivity contribution in [3.05, 3.63) is 29.6 Å². The molecule has 0 fully saturated rings. The fourth-order valence-corrected chi connectivity index (χ4v) is 2.70. The number of anilines is 1. The normalized spacial score (nSPS) is 14.1. The van der Waals surface area contributed by atoms with Crippen LogP contribution in [-0.2, 0) is 16.0 Å². The van der Waals surface area contributed by atoms with E-state index in [4.69, 9.17) is 0 Å². The predicted octanol–water partition coefficient (Wildman–Crippen LogP) is 3.08. The Balaban J connectivity index is 2.92. The molecule has 0 saturated carbocycles. The van der Waals surface area contributed by atoms with Crippen molar-refractivity contribution in [2.24, 2.45) is 0 Å². The lowest BCUT2D eigenvalue weighted by Crippen LogP contribution is -2.27. The van der Waals surface area contributed by atoms with Crippen LogP contribution in [0.25, 0.3) is 0 Å². The molecule has 0 aliphatic carbocycles. The van der Waals surface area contributed by atoms with Crippen LogP contribution in [0.5, 0.6) is 0 Å². The van der Waals surface area contributed by atoms with Gasteiger partial charge in [0.1, 0.15) is 5.82 Å². The van der Waals surface area contributed by atoms with Crippen LogP contribution < -0.4 is 5.32 Å². The van der Waals surface area contributed by atoms with Gasteiger partial charge in [-0.1, -0.05) is 6.92 Å². The van der Waals surface area contributed by atoms with Crippen molar-refractivity contribution in [1.29, 1.82) is 0 Å². The molecule has 1 unspecified atom stereocenters. The van der Waals surface area contributed by atoms with E-state index in [2.05, 4.69) is 5.32 Å². The highest BCUT2D eigenvalue weighted by molar-refractivity contribution is 7.91. The Morgan fingerprint density at radius 2 is 1.90 bits per heavy atom. The third kappa shape index (κ3) is 4.66. The summed E-state index contributed by atoms with van der Waals surface area (Å²) in [6.07, 6.45) is -4.58. The summed E-state index contributed by atoms with van der Waals surface area (Å²) >= 11 is 0. The molecule has 1 rings (SSSR count). The Hall–Kier alpha value is -1.31. The van der Waals surface area contributed by atoms with Gasteiger partial charge in [0, 0.05) is 11.8 Å². The minimum absolute atomic E-state index is 0.0793. The lowest BCUT2D eigenvalue weighted by molar-refractivity contribution is -0.137. The summed E-state index contributed by atoms with van der Waals surface area (Å²) in [4.78, 5) is 0. The first-order valence-electron chi connectivity index (χ1n) is 5.89. The molecule has 0 aromatic heterocycles. The van der Waals surface area contributed by atoms with E-state index >= 15 is 0 Å². The lowest BCUT2D eigenvalue weighted by Gasteiger charge is -2.17. The molecule has 0 aliphatic rings. The van der Waals surface area contributed by atoms with Gasteiger partial charge in [0.05, 0.1) is 17.0 Å². The molecular formula is C12H15F4NO2S. The number of rotatable bonds is 5. The van der Waals surface area contributed by atoms with E-state index in [1.165, 1.54) is 13.8 Å². The summed E-state index contributed by atoms with van der Waals surface area (Å²) in [5.41, 5.74) is -1.36. The van der Waals surface area contributed by atoms with Crippen LogP contribution in [0.1, 0.15) is 19.4 Å². The molecule has 3 nitrogen and oxygen atoms in total. The van der Waals surface area contributed by atoms with Gasteiger partial charge in [0.2, 0.25) is 0 Å². The second-order valence-corrected chi connectivity index (χ2v) is 6.83. The van der Waals surface area contributed by atoms with Crippen molar-refractivity contribution in [3.8, 4) is 0 Å². The van der Waals surface area contributed by atoms with Crippen LogP contribution in [0.4, 0.5) is 23.2 Å². The highest BCUT2D eigenvalue weighted by atomic mass is 32.2. The number of hydrogen-bond donors (Lipinski definition) is 1. The zero-order valence-corrected chi connectivity index (χ0v) is 11.8. The van der Waals surface area contributed by atoms with Crippen LogP contribution >= 0.6 is 0 Å². The van der Waals surface area contributed by atoms with Crippen LogP contribution in [-0.4, -0.2) is 26.0 Å². The number of alkyl halides is 3. The monoisotopic (exact) mass is 313 g/mol. The zero-order valence-electron chi connectivity index (χ0n) is 11.0. The topological polar surface area (TPSA) is 46.2 Å². The fraction of sp³-hybridized carbons (Fsp3) is 0.500. The molecule has 1 aromatic rings. The summed E-state index contributed by atoms with van der Waals surface area (Å²) in [6, 6.07) is 1.27. The van der Waals surface area contributed by atoms with Gasteiger partial charge < -0.3 is 5.32 Å². The van der Waals surface area contributed by atoms with Crippen LogP contribution in [0.2, 0.25) is 0 Å². The molecular weight excluding hydrogens is 298 g/mol. The molecule has 0 heterocycles. The van der Waals surface area contributed by atoms with Gasteiger partial charge in [-0.2, -0.15) is 13.2 Å². The van der Waals surface area contributed by atoms with Crippen molar-refractivity contribution >= 4 is 15.5 Å². The summed E-state index contributed by atoms with van der Waals surface area (Å²) < 4.78 is 73.8. The zero-order chi connectivity index (χ0) is 15.6. The maximum atomic E-state index is 13.5. The predicted molar refractivity (Wildman–Crippen MR) is 68.8 cm³/mol. The second kappa shape index (κ2) is 5.99. The maximum Gasteiger partial charge on any atom is 0.416 e. The quantitative estimate of drug-likeness (QED) is 0.850. The first-order chi connectivity index (χ1) is 9.05. The number of nitrogens with one attached hydrogen (secondary N) is 1.